The second-order valence-electron chi connectivity index (χ2n) is 5.35. The van der Waals surface area contributed by atoms with E-state index in [0.717, 1.165) is 25.1 Å². The number of rotatable bonds is 7. The van der Waals surface area contributed by atoms with Gasteiger partial charge in [0.05, 0.1) is 7.11 Å². The SMILES string of the molecule is CNCC(Cc1ccc(O)cc1)Cc1cccc(OC)c1. The first-order chi connectivity index (χ1) is 10.2. The Hall–Kier alpha value is -2.00. The van der Waals surface area contributed by atoms with E-state index in [9.17, 15) is 5.11 Å². The minimum Gasteiger partial charge on any atom is -0.508 e. The first-order valence-corrected chi connectivity index (χ1v) is 7.26. The third kappa shape index (κ3) is 4.80. The molecule has 0 aliphatic carbocycles. The molecule has 2 N–H and O–H groups in total. The lowest BCUT2D eigenvalue weighted by atomic mass is 9.92. The Morgan fingerprint density at radius 2 is 1.76 bits per heavy atom. The van der Waals surface area contributed by atoms with Crippen molar-refractivity contribution in [2.24, 2.45) is 5.92 Å². The first-order valence-electron chi connectivity index (χ1n) is 7.26. The molecular weight excluding hydrogens is 262 g/mol. The van der Waals surface area contributed by atoms with Crippen LogP contribution >= 0.6 is 0 Å². The Balaban J connectivity index is 2.05. The van der Waals surface area contributed by atoms with Gasteiger partial charge < -0.3 is 15.2 Å². The molecule has 0 aliphatic heterocycles. The van der Waals surface area contributed by atoms with Crippen LogP contribution in [0.1, 0.15) is 11.1 Å². The van der Waals surface area contributed by atoms with Crippen LogP contribution in [0.3, 0.4) is 0 Å². The van der Waals surface area contributed by atoms with Crippen LogP contribution in [0, 0.1) is 5.92 Å². The molecule has 112 valence electrons. The zero-order valence-corrected chi connectivity index (χ0v) is 12.7. The minimum absolute atomic E-state index is 0.316. The van der Waals surface area contributed by atoms with E-state index >= 15 is 0 Å². The molecule has 3 heteroatoms. The van der Waals surface area contributed by atoms with Crippen molar-refractivity contribution in [3.05, 3.63) is 59.7 Å². The molecule has 0 saturated carbocycles. The standard InChI is InChI=1S/C18H23NO2/c1-19-13-16(10-14-6-8-17(20)9-7-14)11-15-4-3-5-18(12-15)21-2/h3-9,12,16,19-20H,10-11,13H2,1-2H3. The van der Waals surface area contributed by atoms with Crippen molar-refractivity contribution in [2.45, 2.75) is 12.8 Å². The molecule has 0 fully saturated rings. The van der Waals surface area contributed by atoms with Crippen molar-refractivity contribution in [3.8, 4) is 11.5 Å². The van der Waals surface area contributed by atoms with Crippen LogP contribution in [0.5, 0.6) is 11.5 Å². The van der Waals surface area contributed by atoms with Gasteiger partial charge in [0.1, 0.15) is 11.5 Å². The summed E-state index contributed by atoms with van der Waals surface area (Å²) in [6.45, 7) is 0.956. The highest BCUT2D eigenvalue weighted by atomic mass is 16.5. The molecule has 3 nitrogen and oxygen atoms in total. The van der Waals surface area contributed by atoms with Crippen LogP contribution < -0.4 is 10.1 Å². The number of hydrogen-bond acceptors (Lipinski definition) is 3. The Morgan fingerprint density at radius 1 is 1.05 bits per heavy atom. The Labute approximate surface area is 126 Å². The van der Waals surface area contributed by atoms with Crippen LogP contribution in [-0.2, 0) is 12.8 Å². The highest BCUT2D eigenvalue weighted by Gasteiger charge is 2.11. The predicted octanol–water partition coefficient (Wildman–Crippen LogP) is 3.02. The van der Waals surface area contributed by atoms with E-state index in [2.05, 4.69) is 17.4 Å². The molecule has 2 aromatic carbocycles. The molecule has 1 atom stereocenters. The maximum absolute atomic E-state index is 9.36. The second-order valence-corrected chi connectivity index (χ2v) is 5.35. The van der Waals surface area contributed by atoms with Crippen molar-refractivity contribution in [1.82, 2.24) is 5.32 Å². The molecule has 2 aromatic rings. The van der Waals surface area contributed by atoms with E-state index < -0.39 is 0 Å². The molecule has 0 saturated heterocycles. The molecule has 1 unspecified atom stereocenters. The van der Waals surface area contributed by atoms with Gasteiger partial charge in [-0.05, 0) is 67.7 Å². The number of ether oxygens (including phenoxy) is 1. The number of benzene rings is 2. The smallest absolute Gasteiger partial charge is 0.119 e. The van der Waals surface area contributed by atoms with Gasteiger partial charge in [0, 0.05) is 0 Å². The number of phenolic OH excluding ortho intramolecular Hbond substituents is 1. The van der Waals surface area contributed by atoms with Gasteiger partial charge in [0.2, 0.25) is 0 Å². The van der Waals surface area contributed by atoms with E-state index in [1.54, 1.807) is 19.2 Å². The minimum atomic E-state index is 0.316. The number of methoxy groups -OCH3 is 1. The molecule has 0 radical (unpaired) electrons. The van der Waals surface area contributed by atoms with Gasteiger partial charge in [-0.25, -0.2) is 0 Å². The third-order valence-electron chi connectivity index (χ3n) is 3.61. The van der Waals surface area contributed by atoms with E-state index in [4.69, 9.17) is 4.74 Å². The number of hydrogen-bond donors (Lipinski definition) is 2. The molecule has 2 rings (SSSR count). The number of aromatic hydroxyl groups is 1. The molecule has 0 heterocycles. The molecule has 0 aromatic heterocycles. The summed E-state index contributed by atoms with van der Waals surface area (Å²) in [7, 11) is 3.68. The average molecular weight is 285 g/mol. The molecule has 0 bridgehead atoms. The summed E-state index contributed by atoms with van der Waals surface area (Å²) in [5.41, 5.74) is 2.53. The molecule has 0 aliphatic rings. The zero-order valence-electron chi connectivity index (χ0n) is 12.7. The lowest BCUT2D eigenvalue weighted by Gasteiger charge is -2.17. The maximum atomic E-state index is 9.36. The normalized spacial score (nSPS) is 12.1. The Bertz CT molecular complexity index is 551. The molecule has 0 amide bonds. The summed E-state index contributed by atoms with van der Waals surface area (Å²) < 4.78 is 5.28. The average Bonchev–Trinajstić information content (AvgIpc) is 2.50. The van der Waals surface area contributed by atoms with E-state index in [-0.39, 0.29) is 0 Å². The van der Waals surface area contributed by atoms with Gasteiger partial charge in [0.15, 0.2) is 0 Å². The van der Waals surface area contributed by atoms with Gasteiger partial charge >= 0.3 is 0 Å². The summed E-state index contributed by atoms with van der Waals surface area (Å²) >= 11 is 0. The zero-order chi connectivity index (χ0) is 15.1. The van der Waals surface area contributed by atoms with Crippen molar-refractivity contribution in [1.29, 1.82) is 0 Å². The van der Waals surface area contributed by atoms with Crippen LogP contribution in [0.2, 0.25) is 0 Å². The topological polar surface area (TPSA) is 41.5 Å². The highest BCUT2D eigenvalue weighted by molar-refractivity contribution is 5.29. The van der Waals surface area contributed by atoms with Crippen molar-refractivity contribution < 1.29 is 9.84 Å². The number of phenols is 1. The number of nitrogens with one attached hydrogen (secondary N) is 1. The fourth-order valence-electron chi connectivity index (χ4n) is 2.60. The maximum Gasteiger partial charge on any atom is 0.119 e. The monoisotopic (exact) mass is 285 g/mol. The van der Waals surface area contributed by atoms with Gasteiger partial charge in [-0.15, -0.1) is 0 Å². The fraction of sp³-hybridized carbons (Fsp3) is 0.333. The quantitative estimate of drug-likeness (QED) is 0.821. The summed E-state index contributed by atoms with van der Waals surface area (Å²) in [6.07, 6.45) is 1.98. The molecule has 0 spiro atoms. The van der Waals surface area contributed by atoms with Gasteiger partial charge in [0.25, 0.3) is 0 Å². The van der Waals surface area contributed by atoms with E-state index in [1.807, 2.05) is 31.3 Å². The van der Waals surface area contributed by atoms with Crippen molar-refractivity contribution in [2.75, 3.05) is 20.7 Å². The van der Waals surface area contributed by atoms with E-state index in [1.165, 1.54) is 11.1 Å². The van der Waals surface area contributed by atoms with Crippen LogP contribution in [-0.4, -0.2) is 25.8 Å². The Morgan fingerprint density at radius 3 is 2.43 bits per heavy atom. The summed E-state index contributed by atoms with van der Waals surface area (Å²) in [6, 6.07) is 15.7. The van der Waals surface area contributed by atoms with Crippen LogP contribution in [0.25, 0.3) is 0 Å². The lowest BCUT2D eigenvalue weighted by molar-refractivity contribution is 0.413. The van der Waals surface area contributed by atoms with Gasteiger partial charge in [-0.3, -0.25) is 0 Å². The second kappa shape index (κ2) is 7.70. The van der Waals surface area contributed by atoms with Gasteiger partial charge in [-0.1, -0.05) is 24.3 Å². The van der Waals surface area contributed by atoms with Crippen molar-refractivity contribution >= 4 is 0 Å². The highest BCUT2D eigenvalue weighted by Crippen LogP contribution is 2.19. The third-order valence-corrected chi connectivity index (χ3v) is 3.61. The molecule has 21 heavy (non-hydrogen) atoms. The first kappa shape index (κ1) is 15.4. The van der Waals surface area contributed by atoms with Crippen LogP contribution in [0.15, 0.2) is 48.5 Å². The van der Waals surface area contributed by atoms with Crippen molar-refractivity contribution in [3.63, 3.8) is 0 Å². The largest absolute Gasteiger partial charge is 0.508 e. The van der Waals surface area contributed by atoms with E-state index in [0.29, 0.717) is 11.7 Å². The summed E-state index contributed by atoms with van der Waals surface area (Å²) in [5.74, 6) is 1.73. The van der Waals surface area contributed by atoms with Gasteiger partial charge in [-0.2, -0.15) is 0 Å². The fourth-order valence-corrected chi connectivity index (χ4v) is 2.60. The Kier molecular flexibility index (Phi) is 5.64. The summed E-state index contributed by atoms with van der Waals surface area (Å²) in [5, 5.41) is 12.6. The van der Waals surface area contributed by atoms with Crippen LogP contribution in [0.4, 0.5) is 0 Å². The lowest BCUT2D eigenvalue weighted by Crippen LogP contribution is -2.22. The summed E-state index contributed by atoms with van der Waals surface area (Å²) in [4.78, 5) is 0. The molecular formula is C18H23NO2. The predicted molar refractivity (Wildman–Crippen MR) is 85.9 cm³/mol.